The molecule has 0 bridgehead atoms. The van der Waals surface area contributed by atoms with E-state index in [9.17, 15) is 5.26 Å². The summed E-state index contributed by atoms with van der Waals surface area (Å²) in [6, 6.07) is 6.18. The van der Waals surface area contributed by atoms with Crippen LogP contribution in [0, 0.1) is 39.0 Å². The summed E-state index contributed by atoms with van der Waals surface area (Å²) in [5, 5.41) is 9.44. The number of hydrogen-bond donors (Lipinski definition) is 0. The Balaban J connectivity index is 2.43. The normalized spacial score (nSPS) is 10.8. The molecule has 2 aromatic heterocycles. The molecule has 3 rings (SSSR count). The Kier molecular flexibility index (Phi) is 3.53. The molecule has 0 saturated carbocycles. The summed E-state index contributed by atoms with van der Waals surface area (Å²) in [7, 11) is 1.66. The molecule has 0 spiro atoms. The van der Waals surface area contributed by atoms with Crippen LogP contribution in [0.4, 0.5) is 0 Å². The third-order valence-corrected chi connectivity index (χ3v) is 4.19. The van der Waals surface area contributed by atoms with E-state index in [4.69, 9.17) is 4.74 Å². The fourth-order valence-electron chi connectivity index (χ4n) is 2.85. The lowest BCUT2D eigenvalue weighted by Crippen LogP contribution is -2.03. The van der Waals surface area contributed by atoms with Gasteiger partial charge in [-0.2, -0.15) is 5.26 Å². The summed E-state index contributed by atoms with van der Waals surface area (Å²) in [4.78, 5) is 9.22. The van der Waals surface area contributed by atoms with Crippen LogP contribution in [0.25, 0.3) is 16.9 Å². The van der Waals surface area contributed by atoms with Gasteiger partial charge in [0.05, 0.1) is 29.7 Å². The number of fused-ring (bicyclic) bond motifs is 1. The topological polar surface area (TPSA) is 63.7 Å². The van der Waals surface area contributed by atoms with Crippen LogP contribution in [-0.4, -0.2) is 21.6 Å². The predicted molar refractivity (Wildman–Crippen MR) is 89.1 cm³/mol. The van der Waals surface area contributed by atoms with Gasteiger partial charge in [-0.05, 0) is 39.3 Å². The fraction of sp³-hybridized carbons (Fsp3) is 0.278. The number of hydrogen-bond acceptors (Lipinski definition) is 4. The lowest BCUT2D eigenvalue weighted by Gasteiger charge is -2.15. The van der Waals surface area contributed by atoms with Crippen molar-refractivity contribution in [1.82, 2.24) is 14.5 Å². The van der Waals surface area contributed by atoms with E-state index in [1.807, 2.05) is 44.4 Å². The van der Waals surface area contributed by atoms with Gasteiger partial charge in [0.25, 0.3) is 0 Å². The summed E-state index contributed by atoms with van der Waals surface area (Å²) < 4.78 is 7.38. The van der Waals surface area contributed by atoms with Crippen molar-refractivity contribution in [2.75, 3.05) is 7.11 Å². The van der Waals surface area contributed by atoms with Crippen molar-refractivity contribution < 1.29 is 4.74 Å². The Morgan fingerprint density at radius 1 is 1.09 bits per heavy atom. The highest BCUT2D eigenvalue weighted by Crippen LogP contribution is 2.31. The molecule has 0 radical (unpaired) electrons. The maximum Gasteiger partial charge on any atom is 0.164 e. The maximum absolute atomic E-state index is 9.44. The molecule has 1 aromatic carbocycles. The standard InChI is InChI=1S/C18H18N4O/c1-10-6-7-15(23-5)11(2)17(10)22-9-14(8-19)16-18(22)21-13(4)12(3)20-16/h6-7,9H,1-5H3. The second kappa shape index (κ2) is 5.40. The maximum atomic E-state index is 9.44. The molecular formula is C18H18N4O. The number of rotatable bonds is 2. The van der Waals surface area contributed by atoms with E-state index in [1.165, 1.54) is 0 Å². The van der Waals surface area contributed by atoms with Gasteiger partial charge < -0.3 is 4.74 Å². The second-order valence-electron chi connectivity index (χ2n) is 5.65. The van der Waals surface area contributed by atoms with Crippen molar-refractivity contribution in [1.29, 1.82) is 5.26 Å². The van der Waals surface area contributed by atoms with Crippen LogP contribution >= 0.6 is 0 Å². The minimum Gasteiger partial charge on any atom is -0.496 e. The molecule has 116 valence electrons. The van der Waals surface area contributed by atoms with Crippen LogP contribution in [0.15, 0.2) is 18.3 Å². The fourth-order valence-corrected chi connectivity index (χ4v) is 2.85. The molecule has 0 aliphatic carbocycles. The minimum atomic E-state index is 0.525. The third-order valence-electron chi connectivity index (χ3n) is 4.19. The molecule has 5 nitrogen and oxygen atoms in total. The van der Waals surface area contributed by atoms with Crippen molar-refractivity contribution in [3.05, 3.63) is 46.4 Å². The molecular weight excluding hydrogens is 288 g/mol. The number of methoxy groups -OCH3 is 1. The molecule has 0 amide bonds. The van der Waals surface area contributed by atoms with E-state index in [1.54, 1.807) is 13.3 Å². The van der Waals surface area contributed by atoms with Crippen LogP contribution in [0.1, 0.15) is 28.1 Å². The summed E-state index contributed by atoms with van der Waals surface area (Å²) in [5.74, 6) is 0.808. The first-order chi connectivity index (χ1) is 11.0. The zero-order valence-corrected chi connectivity index (χ0v) is 13.9. The lowest BCUT2D eigenvalue weighted by atomic mass is 10.1. The highest BCUT2D eigenvalue weighted by atomic mass is 16.5. The summed E-state index contributed by atoms with van der Waals surface area (Å²) >= 11 is 0. The van der Waals surface area contributed by atoms with Gasteiger partial charge in [0.1, 0.15) is 17.3 Å². The highest BCUT2D eigenvalue weighted by molar-refractivity contribution is 5.82. The summed E-state index contributed by atoms with van der Waals surface area (Å²) in [5.41, 5.74) is 6.64. The Hall–Kier alpha value is -2.87. The molecule has 3 aromatic rings. The third kappa shape index (κ3) is 2.23. The van der Waals surface area contributed by atoms with Gasteiger partial charge in [0.2, 0.25) is 0 Å². The minimum absolute atomic E-state index is 0.525. The smallest absolute Gasteiger partial charge is 0.164 e. The van der Waals surface area contributed by atoms with E-state index in [-0.39, 0.29) is 0 Å². The van der Waals surface area contributed by atoms with Crippen LogP contribution in [-0.2, 0) is 0 Å². The molecule has 23 heavy (non-hydrogen) atoms. The first kappa shape index (κ1) is 15.0. The summed E-state index contributed by atoms with van der Waals surface area (Å²) in [6.07, 6.45) is 1.80. The molecule has 0 unspecified atom stereocenters. The highest BCUT2D eigenvalue weighted by Gasteiger charge is 2.18. The Bertz CT molecular complexity index is 964. The van der Waals surface area contributed by atoms with Crippen LogP contribution < -0.4 is 4.74 Å². The Labute approximate surface area is 135 Å². The van der Waals surface area contributed by atoms with E-state index in [0.29, 0.717) is 16.7 Å². The van der Waals surface area contributed by atoms with Crippen LogP contribution in [0.3, 0.4) is 0 Å². The number of aromatic nitrogens is 3. The predicted octanol–water partition coefficient (Wildman–Crippen LogP) is 3.53. The van der Waals surface area contributed by atoms with Crippen molar-refractivity contribution in [2.24, 2.45) is 0 Å². The zero-order chi connectivity index (χ0) is 16.7. The van der Waals surface area contributed by atoms with E-state index in [0.717, 1.165) is 34.0 Å². The van der Waals surface area contributed by atoms with E-state index >= 15 is 0 Å². The van der Waals surface area contributed by atoms with E-state index in [2.05, 4.69) is 16.0 Å². The number of nitriles is 1. The van der Waals surface area contributed by atoms with Gasteiger partial charge in [-0.25, -0.2) is 9.97 Å². The summed E-state index contributed by atoms with van der Waals surface area (Å²) in [6.45, 7) is 7.88. The number of ether oxygens (including phenoxy) is 1. The average Bonchev–Trinajstić information content (AvgIpc) is 2.86. The van der Waals surface area contributed by atoms with Crippen molar-refractivity contribution in [3.8, 4) is 17.5 Å². The van der Waals surface area contributed by atoms with Gasteiger partial charge in [0.15, 0.2) is 5.65 Å². The van der Waals surface area contributed by atoms with Gasteiger partial charge in [-0.1, -0.05) is 6.07 Å². The Morgan fingerprint density at radius 3 is 2.43 bits per heavy atom. The molecule has 0 fully saturated rings. The molecule has 5 heteroatoms. The molecule has 0 aliphatic heterocycles. The zero-order valence-electron chi connectivity index (χ0n) is 13.9. The molecule has 0 atom stereocenters. The quantitative estimate of drug-likeness (QED) is 0.726. The largest absolute Gasteiger partial charge is 0.496 e. The second-order valence-corrected chi connectivity index (χ2v) is 5.65. The number of benzene rings is 1. The molecule has 0 N–H and O–H groups in total. The number of aryl methyl sites for hydroxylation is 3. The first-order valence-corrected chi connectivity index (χ1v) is 7.39. The average molecular weight is 306 g/mol. The SMILES string of the molecule is COc1ccc(C)c(-n2cc(C#N)c3nc(C)c(C)nc32)c1C. The molecule has 0 saturated heterocycles. The van der Waals surface area contributed by atoms with E-state index < -0.39 is 0 Å². The van der Waals surface area contributed by atoms with Gasteiger partial charge in [0, 0.05) is 11.8 Å². The first-order valence-electron chi connectivity index (χ1n) is 7.39. The Morgan fingerprint density at radius 2 is 1.78 bits per heavy atom. The van der Waals surface area contributed by atoms with Crippen molar-refractivity contribution in [2.45, 2.75) is 27.7 Å². The van der Waals surface area contributed by atoms with Gasteiger partial charge in [-0.15, -0.1) is 0 Å². The van der Waals surface area contributed by atoms with Crippen LogP contribution in [0.5, 0.6) is 5.75 Å². The van der Waals surface area contributed by atoms with Crippen molar-refractivity contribution >= 4 is 11.2 Å². The van der Waals surface area contributed by atoms with Gasteiger partial charge >= 0.3 is 0 Å². The number of nitrogens with zero attached hydrogens (tertiary/aromatic N) is 4. The molecule has 0 aliphatic rings. The van der Waals surface area contributed by atoms with Crippen LogP contribution in [0.2, 0.25) is 0 Å². The lowest BCUT2D eigenvalue weighted by molar-refractivity contribution is 0.411. The van der Waals surface area contributed by atoms with Gasteiger partial charge in [-0.3, -0.25) is 4.57 Å². The molecule has 2 heterocycles. The van der Waals surface area contributed by atoms with Crippen molar-refractivity contribution in [3.63, 3.8) is 0 Å². The monoisotopic (exact) mass is 306 g/mol.